The zero-order valence-corrected chi connectivity index (χ0v) is 20.4. The van der Waals surface area contributed by atoms with E-state index >= 15 is 0 Å². The molecule has 2 unspecified atom stereocenters. The number of nitrogens with one attached hydrogen (secondary N) is 1. The molecule has 1 aliphatic rings. The van der Waals surface area contributed by atoms with Crippen molar-refractivity contribution in [2.75, 3.05) is 19.8 Å². The van der Waals surface area contributed by atoms with Gasteiger partial charge in [-0.1, -0.05) is 48.5 Å². The van der Waals surface area contributed by atoms with Crippen molar-refractivity contribution >= 4 is 34.5 Å². The average Bonchev–Trinajstić information content (AvgIpc) is 3.54. The lowest BCUT2D eigenvalue weighted by Crippen LogP contribution is -2.34. The largest absolute Gasteiger partial charge is 0.487 e. The van der Waals surface area contributed by atoms with E-state index in [0.717, 1.165) is 11.1 Å². The Kier molecular flexibility index (Phi) is 6.57. The van der Waals surface area contributed by atoms with Gasteiger partial charge in [-0.2, -0.15) is 0 Å². The molecule has 35 heavy (non-hydrogen) atoms. The van der Waals surface area contributed by atoms with E-state index in [0.29, 0.717) is 34.6 Å². The lowest BCUT2D eigenvalue weighted by Gasteiger charge is -2.14. The molecule has 3 heterocycles. The highest BCUT2D eigenvalue weighted by molar-refractivity contribution is 7.99. The Morgan fingerprint density at radius 1 is 1.11 bits per heavy atom. The molecule has 0 saturated carbocycles. The van der Waals surface area contributed by atoms with Crippen LogP contribution in [0.4, 0.5) is 4.79 Å². The van der Waals surface area contributed by atoms with Crippen LogP contribution in [0.15, 0.2) is 79.3 Å². The molecule has 2 aromatic heterocycles. The van der Waals surface area contributed by atoms with Gasteiger partial charge < -0.3 is 9.64 Å². The molecule has 178 valence electrons. The van der Waals surface area contributed by atoms with Crippen molar-refractivity contribution in [3.63, 3.8) is 0 Å². The molecule has 1 aliphatic heterocycles. The quantitative estimate of drug-likeness (QED) is 0.397. The number of hydrogen-bond donors (Lipinski definition) is 1. The number of amides is 1. The maximum atomic E-state index is 13.7. The number of benzene rings is 2. The van der Waals surface area contributed by atoms with Crippen LogP contribution in [0.3, 0.4) is 0 Å². The summed E-state index contributed by atoms with van der Waals surface area (Å²) in [6.07, 6.45) is 5.20. The zero-order valence-electron chi connectivity index (χ0n) is 19.5. The van der Waals surface area contributed by atoms with Gasteiger partial charge in [-0.25, -0.2) is 4.79 Å². The summed E-state index contributed by atoms with van der Waals surface area (Å²) >= 11 is 1.68. The van der Waals surface area contributed by atoms with Crippen LogP contribution >= 0.6 is 11.8 Å². The van der Waals surface area contributed by atoms with Crippen LogP contribution in [0.5, 0.6) is 5.75 Å². The number of Topliss-reactive ketones (excluding diaryl/α,β-unsaturated/α-hetero) is 1. The van der Waals surface area contributed by atoms with Crippen molar-refractivity contribution in [1.29, 1.82) is 0 Å². The summed E-state index contributed by atoms with van der Waals surface area (Å²) in [7, 11) is 3.38. The van der Waals surface area contributed by atoms with E-state index < -0.39 is 0 Å². The summed E-state index contributed by atoms with van der Waals surface area (Å²) < 4.78 is 7.66. The van der Waals surface area contributed by atoms with Gasteiger partial charge in [-0.05, 0) is 23.3 Å². The second-order valence-corrected chi connectivity index (χ2v) is 9.74. The van der Waals surface area contributed by atoms with E-state index in [1.54, 1.807) is 38.3 Å². The van der Waals surface area contributed by atoms with Crippen LogP contribution in [0.1, 0.15) is 26.9 Å². The van der Waals surface area contributed by atoms with Crippen molar-refractivity contribution in [1.82, 2.24) is 19.8 Å². The Labute approximate surface area is 208 Å². The minimum atomic E-state index is -0.368. The summed E-state index contributed by atoms with van der Waals surface area (Å²) in [6.45, 7) is 0.359. The lowest BCUT2D eigenvalue weighted by atomic mass is 10.0. The first-order valence-electron chi connectivity index (χ1n) is 11.4. The molecule has 1 saturated heterocycles. The second-order valence-electron chi connectivity index (χ2n) is 8.60. The van der Waals surface area contributed by atoms with Gasteiger partial charge in [-0.15, -0.1) is 11.8 Å². The molecule has 1 fully saturated rings. The number of para-hydroxylation sites is 1. The predicted molar refractivity (Wildman–Crippen MR) is 138 cm³/mol. The van der Waals surface area contributed by atoms with E-state index in [4.69, 9.17) is 4.74 Å². The SMILES string of the molecule is CN(C)C(=O)n1cc(C(=O)C2CSC(c3cccnc3)N2)c2cccc(OCc3ccccc3)c21. The predicted octanol–water partition coefficient (Wildman–Crippen LogP) is 4.73. The number of aromatic nitrogens is 2. The Morgan fingerprint density at radius 2 is 1.94 bits per heavy atom. The fourth-order valence-electron chi connectivity index (χ4n) is 4.20. The Bertz CT molecular complexity index is 1360. The molecule has 0 bridgehead atoms. The third kappa shape index (κ3) is 4.67. The van der Waals surface area contributed by atoms with Gasteiger partial charge >= 0.3 is 6.03 Å². The van der Waals surface area contributed by atoms with E-state index in [1.165, 1.54) is 9.47 Å². The molecular formula is C27H26N4O3S. The summed E-state index contributed by atoms with van der Waals surface area (Å²) in [4.78, 5) is 32.4. The Hall–Kier alpha value is -3.62. The van der Waals surface area contributed by atoms with Crippen molar-refractivity contribution in [2.45, 2.75) is 18.0 Å². The third-order valence-electron chi connectivity index (χ3n) is 5.97. The van der Waals surface area contributed by atoms with Crippen molar-refractivity contribution in [2.24, 2.45) is 0 Å². The van der Waals surface area contributed by atoms with E-state index in [9.17, 15) is 9.59 Å². The number of ketones is 1. The average molecular weight is 487 g/mol. The first-order valence-corrected chi connectivity index (χ1v) is 12.4. The second kappa shape index (κ2) is 9.93. The number of nitrogens with zero attached hydrogens (tertiary/aromatic N) is 3. The number of carbonyl (C=O) groups is 2. The maximum Gasteiger partial charge on any atom is 0.328 e. The molecular weight excluding hydrogens is 460 g/mol. The Morgan fingerprint density at radius 3 is 2.69 bits per heavy atom. The number of ether oxygens (including phenoxy) is 1. The van der Waals surface area contributed by atoms with Gasteiger partial charge in [0.25, 0.3) is 0 Å². The van der Waals surface area contributed by atoms with Crippen LogP contribution in [0.2, 0.25) is 0 Å². The lowest BCUT2D eigenvalue weighted by molar-refractivity contribution is 0.0957. The maximum absolute atomic E-state index is 13.7. The molecule has 2 atom stereocenters. The standard InChI is InChI=1S/C27H26N4O3S/c1-30(2)27(33)31-15-21(25(32)22-17-35-26(29-22)19-10-7-13-28-14-19)20-11-6-12-23(24(20)31)34-16-18-8-4-3-5-9-18/h3-15,22,26,29H,16-17H2,1-2H3. The fourth-order valence-corrected chi connectivity index (χ4v) is 5.42. The highest BCUT2D eigenvalue weighted by Crippen LogP contribution is 2.36. The molecule has 5 rings (SSSR count). The van der Waals surface area contributed by atoms with Gasteiger partial charge in [0.05, 0.1) is 11.4 Å². The summed E-state index contributed by atoms with van der Waals surface area (Å²) in [5, 5.41) is 4.13. The normalized spacial score (nSPS) is 17.4. The number of pyridine rings is 1. The molecule has 0 radical (unpaired) electrons. The van der Waals surface area contributed by atoms with Crippen LogP contribution < -0.4 is 10.1 Å². The van der Waals surface area contributed by atoms with Crippen molar-refractivity contribution in [3.8, 4) is 5.75 Å². The van der Waals surface area contributed by atoms with E-state index in [1.807, 2.05) is 66.9 Å². The summed E-state index contributed by atoms with van der Waals surface area (Å²) in [6, 6.07) is 18.7. The molecule has 0 aliphatic carbocycles. The topological polar surface area (TPSA) is 76.5 Å². The minimum absolute atomic E-state index is 0.000765. The van der Waals surface area contributed by atoms with Gasteiger partial charge in [-0.3, -0.25) is 19.7 Å². The minimum Gasteiger partial charge on any atom is -0.487 e. The summed E-state index contributed by atoms with van der Waals surface area (Å²) in [5.74, 6) is 1.15. The monoisotopic (exact) mass is 486 g/mol. The molecule has 1 N–H and O–H groups in total. The van der Waals surface area contributed by atoms with E-state index in [-0.39, 0.29) is 23.2 Å². The van der Waals surface area contributed by atoms with Crippen molar-refractivity contribution < 1.29 is 14.3 Å². The molecule has 1 amide bonds. The molecule has 0 spiro atoms. The molecule has 8 heteroatoms. The number of fused-ring (bicyclic) bond motifs is 1. The smallest absolute Gasteiger partial charge is 0.328 e. The number of hydrogen-bond acceptors (Lipinski definition) is 6. The number of carbonyl (C=O) groups excluding carboxylic acids is 2. The van der Waals surface area contributed by atoms with Crippen LogP contribution in [-0.4, -0.2) is 52.2 Å². The highest BCUT2D eigenvalue weighted by Gasteiger charge is 2.33. The van der Waals surface area contributed by atoms with Gasteiger partial charge in [0, 0.05) is 49.4 Å². The van der Waals surface area contributed by atoms with Crippen LogP contribution in [-0.2, 0) is 6.61 Å². The molecule has 4 aromatic rings. The van der Waals surface area contributed by atoms with E-state index in [2.05, 4.69) is 10.3 Å². The van der Waals surface area contributed by atoms with Gasteiger partial charge in [0.2, 0.25) is 0 Å². The molecule has 2 aromatic carbocycles. The Balaban J connectivity index is 1.48. The van der Waals surface area contributed by atoms with Gasteiger partial charge in [0.1, 0.15) is 17.9 Å². The third-order valence-corrected chi connectivity index (χ3v) is 7.23. The van der Waals surface area contributed by atoms with Crippen molar-refractivity contribution in [3.05, 3.63) is 95.9 Å². The zero-order chi connectivity index (χ0) is 24.4. The highest BCUT2D eigenvalue weighted by atomic mass is 32.2. The van der Waals surface area contributed by atoms with Gasteiger partial charge in [0.15, 0.2) is 5.78 Å². The fraction of sp³-hybridized carbons (Fsp3) is 0.222. The number of rotatable bonds is 6. The first kappa shape index (κ1) is 23.1. The van der Waals surface area contributed by atoms with Crippen LogP contribution in [0.25, 0.3) is 10.9 Å². The van der Waals surface area contributed by atoms with Crippen LogP contribution in [0, 0.1) is 0 Å². The number of thioether (sulfide) groups is 1. The summed E-state index contributed by atoms with van der Waals surface area (Å²) in [5.41, 5.74) is 3.16. The molecule has 7 nitrogen and oxygen atoms in total. The first-order chi connectivity index (χ1) is 17.0.